The quantitative estimate of drug-likeness (QED) is 0.195. The highest BCUT2D eigenvalue weighted by molar-refractivity contribution is 7.92. The zero-order valence-electron chi connectivity index (χ0n) is 20.6. The number of fused-ring (bicyclic) bond motifs is 1. The number of hydrogen-bond donors (Lipinski definition) is 1. The topological polar surface area (TPSA) is 132 Å². The van der Waals surface area contributed by atoms with Crippen LogP contribution < -0.4 is 4.31 Å². The SMILES string of the molecule is CCOC(=O)c1cc(-c2ccc(-n3ccc4cc(N(CC(=O)O)S(=O)(=O)c5cc(Cl)cc(Cl)c5)ccc43)s2)on1. The zero-order valence-corrected chi connectivity index (χ0v) is 23.7. The van der Waals surface area contributed by atoms with E-state index in [-0.39, 0.29) is 32.9 Å². The van der Waals surface area contributed by atoms with Gasteiger partial charge < -0.3 is 18.9 Å². The Bertz CT molecular complexity index is 1840. The van der Waals surface area contributed by atoms with Crippen LogP contribution in [0.3, 0.4) is 0 Å². The number of carbonyl (C=O) groups is 2. The average Bonchev–Trinajstić information content (AvgIpc) is 3.65. The van der Waals surface area contributed by atoms with Gasteiger partial charge in [0.1, 0.15) is 11.5 Å². The van der Waals surface area contributed by atoms with E-state index in [9.17, 15) is 23.1 Å². The van der Waals surface area contributed by atoms with Gasteiger partial charge in [0, 0.05) is 27.7 Å². The molecule has 3 aromatic heterocycles. The van der Waals surface area contributed by atoms with Crippen LogP contribution in [0.4, 0.5) is 5.69 Å². The van der Waals surface area contributed by atoms with Gasteiger partial charge in [-0.15, -0.1) is 11.3 Å². The third kappa shape index (κ3) is 5.43. The monoisotopic (exact) mass is 619 g/mol. The van der Waals surface area contributed by atoms with Crippen molar-refractivity contribution in [3.8, 4) is 15.6 Å². The number of carboxylic acid groups (broad SMARTS) is 1. The van der Waals surface area contributed by atoms with E-state index in [1.165, 1.54) is 41.7 Å². The number of ether oxygens (including phenoxy) is 1. The molecular formula is C26H19Cl2N3O7S2. The number of rotatable bonds is 9. The Kier molecular flexibility index (Phi) is 7.60. The third-order valence-electron chi connectivity index (χ3n) is 5.73. The first-order chi connectivity index (χ1) is 19.1. The lowest BCUT2D eigenvalue weighted by Crippen LogP contribution is -2.35. The fourth-order valence-electron chi connectivity index (χ4n) is 4.00. The summed E-state index contributed by atoms with van der Waals surface area (Å²) in [5, 5.41) is 15.0. The smallest absolute Gasteiger partial charge is 0.360 e. The predicted octanol–water partition coefficient (Wildman–Crippen LogP) is 6.11. The first-order valence-corrected chi connectivity index (χ1v) is 14.6. The molecule has 0 aliphatic rings. The fourth-order valence-corrected chi connectivity index (χ4v) is 7.09. The molecule has 0 saturated heterocycles. The summed E-state index contributed by atoms with van der Waals surface area (Å²) in [6, 6.07) is 15.6. The number of hydrogen-bond acceptors (Lipinski definition) is 8. The van der Waals surface area contributed by atoms with Gasteiger partial charge in [0.25, 0.3) is 10.0 Å². The van der Waals surface area contributed by atoms with Gasteiger partial charge in [-0.3, -0.25) is 9.10 Å². The summed E-state index contributed by atoms with van der Waals surface area (Å²) in [4.78, 5) is 24.0. The molecule has 0 radical (unpaired) electrons. The van der Waals surface area contributed by atoms with Crippen molar-refractivity contribution >= 4 is 73.1 Å². The normalized spacial score (nSPS) is 11.6. The van der Waals surface area contributed by atoms with Crippen LogP contribution in [0.1, 0.15) is 17.4 Å². The number of carboxylic acids is 1. The van der Waals surface area contributed by atoms with E-state index in [2.05, 4.69) is 5.16 Å². The Morgan fingerprint density at radius 3 is 2.52 bits per heavy atom. The number of carbonyl (C=O) groups excluding carboxylic acids is 1. The highest BCUT2D eigenvalue weighted by Crippen LogP contribution is 2.35. The summed E-state index contributed by atoms with van der Waals surface area (Å²) >= 11 is 13.4. The maximum absolute atomic E-state index is 13.5. The van der Waals surface area contributed by atoms with Gasteiger partial charge in [0.15, 0.2) is 11.5 Å². The summed E-state index contributed by atoms with van der Waals surface area (Å²) in [5.74, 6) is -1.49. The Labute approximate surface area is 241 Å². The number of anilines is 1. The summed E-state index contributed by atoms with van der Waals surface area (Å²) in [6.45, 7) is 1.12. The standard InChI is InChI=1S/C26H19Cl2N3O7S2/c1-2-37-26(34)20-13-22(38-29-20)23-5-6-24(39-23)30-8-7-15-9-18(3-4-21(15)30)31(14-25(32)33)40(35,36)19-11-16(27)10-17(28)12-19/h3-13H,2,14H2,1H3,(H,32,33). The van der Waals surface area contributed by atoms with Crippen molar-refractivity contribution < 1.29 is 32.4 Å². The Hall–Kier alpha value is -3.84. The number of aliphatic carboxylic acids is 1. The summed E-state index contributed by atoms with van der Waals surface area (Å²) < 4.78 is 39.9. The van der Waals surface area contributed by atoms with Crippen molar-refractivity contribution in [2.75, 3.05) is 17.5 Å². The molecule has 2 aromatic carbocycles. The van der Waals surface area contributed by atoms with Gasteiger partial charge in [0.2, 0.25) is 0 Å². The van der Waals surface area contributed by atoms with Gasteiger partial charge in [-0.2, -0.15) is 0 Å². The van der Waals surface area contributed by atoms with Crippen molar-refractivity contribution in [1.82, 2.24) is 9.72 Å². The number of sulfonamides is 1. The van der Waals surface area contributed by atoms with E-state index < -0.39 is 28.5 Å². The molecule has 0 amide bonds. The lowest BCUT2D eigenvalue weighted by molar-refractivity contribution is -0.135. The first kappa shape index (κ1) is 27.7. The number of aromatic nitrogens is 2. The molecule has 0 aliphatic heterocycles. The minimum atomic E-state index is -4.31. The van der Waals surface area contributed by atoms with Crippen molar-refractivity contribution in [3.63, 3.8) is 0 Å². The van der Waals surface area contributed by atoms with Crippen molar-refractivity contribution in [2.24, 2.45) is 0 Å². The number of thiophene rings is 1. The molecule has 1 N–H and O–H groups in total. The number of benzene rings is 2. The zero-order chi connectivity index (χ0) is 28.6. The lowest BCUT2D eigenvalue weighted by atomic mass is 10.2. The Balaban J connectivity index is 1.48. The van der Waals surface area contributed by atoms with Crippen LogP contribution in [0.5, 0.6) is 0 Å². The van der Waals surface area contributed by atoms with Crippen LogP contribution in [0.2, 0.25) is 10.0 Å². The molecule has 40 heavy (non-hydrogen) atoms. The molecule has 5 rings (SSSR count). The van der Waals surface area contributed by atoms with E-state index in [0.29, 0.717) is 11.1 Å². The van der Waals surface area contributed by atoms with Crippen LogP contribution in [0, 0.1) is 0 Å². The minimum absolute atomic E-state index is 0.0756. The number of esters is 1. The highest BCUT2D eigenvalue weighted by Gasteiger charge is 2.28. The van der Waals surface area contributed by atoms with E-state index in [1.54, 1.807) is 31.3 Å². The van der Waals surface area contributed by atoms with Gasteiger partial charge >= 0.3 is 11.9 Å². The highest BCUT2D eigenvalue weighted by atomic mass is 35.5. The second kappa shape index (κ2) is 11.0. The van der Waals surface area contributed by atoms with E-state index in [4.69, 9.17) is 32.5 Å². The van der Waals surface area contributed by atoms with Crippen LogP contribution >= 0.6 is 34.5 Å². The predicted molar refractivity (Wildman–Crippen MR) is 151 cm³/mol. The van der Waals surface area contributed by atoms with E-state index >= 15 is 0 Å². The molecule has 0 fully saturated rings. The summed E-state index contributed by atoms with van der Waals surface area (Å²) in [5.41, 5.74) is 0.982. The molecule has 10 nitrogen and oxygen atoms in total. The summed E-state index contributed by atoms with van der Waals surface area (Å²) in [6.07, 6.45) is 1.81. The van der Waals surface area contributed by atoms with Crippen LogP contribution in [0.25, 0.3) is 26.5 Å². The van der Waals surface area contributed by atoms with Gasteiger partial charge in [0.05, 0.1) is 27.6 Å². The van der Waals surface area contributed by atoms with Crippen LogP contribution in [0.15, 0.2) is 76.3 Å². The third-order valence-corrected chi connectivity index (χ3v) is 9.02. The number of halogens is 2. The molecule has 5 aromatic rings. The molecule has 0 atom stereocenters. The molecule has 3 heterocycles. The maximum Gasteiger partial charge on any atom is 0.360 e. The molecule has 0 spiro atoms. The molecule has 206 valence electrons. The van der Waals surface area contributed by atoms with Crippen molar-refractivity contribution in [1.29, 1.82) is 0 Å². The summed E-state index contributed by atoms with van der Waals surface area (Å²) in [7, 11) is -4.31. The van der Waals surface area contributed by atoms with E-state index in [1.807, 2.05) is 16.7 Å². The second-order valence-corrected chi connectivity index (χ2v) is 12.2. The lowest BCUT2D eigenvalue weighted by Gasteiger charge is -2.23. The molecular weight excluding hydrogens is 601 g/mol. The fraction of sp³-hybridized carbons (Fsp3) is 0.115. The molecule has 0 bridgehead atoms. The molecule has 0 unspecified atom stereocenters. The maximum atomic E-state index is 13.5. The van der Waals surface area contributed by atoms with Gasteiger partial charge in [-0.1, -0.05) is 28.4 Å². The van der Waals surface area contributed by atoms with Gasteiger partial charge in [-0.05, 0) is 61.5 Å². The minimum Gasteiger partial charge on any atom is -0.480 e. The van der Waals surface area contributed by atoms with Crippen molar-refractivity contribution in [2.45, 2.75) is 11.8 Å². The largest absolute Gasteiger partial charge is 0.480 e. The first-order valence-electron chi connectivity index (χ1n) is 11.6. The molecule has 0 saturated carbocycles. The van der Waals surface area contributed by atoms with Gasteiger partial charge in [-0.25, -0.2) is 13.2 Å². The van der Waals surface area contributed by atoms with E-state index in [0.717, 1.165) is 19.7 Å². The average molecular weight is 620 g/mol. The second-order valence-electron chi connectivity index (χ2n) is 8.37. The van der Waals surface area contributed by atoms with Crippen LogP contribution in [-0.2, 0) is 19.6 Å². The Morgan fingerprint density at radius 1 is 1.07 bits per heavy atom. The van der Waals surface area contributed by atoms with Crippen molar-refractivity contribution in [3.05, 3.63) is 82.6 Å². The number of nitrogens with zero attached hydrogens (tertiary/aromatic N) is 3. The molecule has 14 heteroatoms. The molecule has 0 aliphatic carbocycles. The Morgan fingerprint density at radius 2 is 1.82 bits per heavy atom. The van der Waals surface area contributed by atoms with Crippen LogP contribution in [-0.4, -0.2) is 48.3 Å².